The molecular formula is C27H52N2+2. The normalized spacial score (nSPS) is 13.1. The minimum atomic E-state index is 0.0674. The SMILES string of the molecule is CCCCCCCCCCCCC(c1ccc(C)cc1C)([N+](C)(C)C)[N+](C)(C)C. The smallest absolute Gasteiger partial charge is 0.251 e. The van der Waals surface area contributed by atoms with Gasteiger partial charge in [0.25, 0.3) is 5.66 Å². The van der Waals surface area contributed by atoms with E-state index in [2.05, 4.69) is 81.3 Å². The highest BCUT2D eigenvalue weighted by atomic mass is 15.6. The number of benzene rings is 1. The van der Waals surface area contributed by atoms with Gasteiger partial charge in [-0.1, -0.05) is 82.4 Å². The summed E-state index contributed by atoms with van der Waals surface area (Å²) in [4.78, 5) is 0. The summed E-state index contributed by atoms with van der Waals surface area (Å²) in [6.07, 6.45) is 15.2. The van der Waals surface area contributed by atoms with Crippen molar-refractivity contribution in [2.45, 2.75) is 97.1 Å². The molecule has 1 aromatic carbocycles. The second-order valence-corrected chi connectivity index (χ2v) is 11.1. The number of nitrogens with zero attached hydrogens (tertiary/aromatic N) is 2. The molecule has 0 spiro atoms. The van der Waals surface area contributed by atoms with Crippen LogP contribution in [0.4, 0.5) is 0 Å². The summed E-state index contributed by atoms with van der Waals surface area (Å²) in [7, 11) is 14.3. The summed E-state index contributed by atoms with van der Waals surface area (Å²) < 4.78 is 1.91. The zero-order valence-electron chi connectivity index (χ0n) is 21.4. The summed E-state index contributed by atoms with van der Waals surface area (Å²) in [6, 6.07) is 7.09. The minimum Gasteiger partial charge on any atom is -0.275 e. The van der Waals surface area contributed by atoms with E-state index in [1.807, 2.05) is 0 Å². The maximum absolute atomic E-state index is 2.41. The first-order valence-electron chi connectivity index (χ1n) is 12.2. The predicted octanol–water partition coefficient (Wildman–Crippen LogP) is 7.18. The van der Waals surface area contributed by atoms with Crippen molar-refractivity contribution in [1.82, 2.24) is 0 Å². The molecule has 1 aromatic rings. The van der Waals surface area contributed by atoms with Crippen molar-refractivity contribution in [2.75, 3.05) is 42.3 Å². The summed E-state index contributed by atoms with van der Waals surface area (Å²) in [6.45, 7) is 6.81. The lowest BCUT2D eigenvalue weighted by atomic mass is 9.84. The Morgan fingerprint density at radius 3 is 1.52 bits per heavy atom. The summed E-state index contributed by atoms with van der Waals surface area (Å²) in [5.41, 5.74) is 4.40. The van der Waals surface area contributed by atoms with Crippen molar-refractivity contribution in [2.24, 2.45) is 0 Å². The van der Waals surface area contributed by atoms with Crippen LogP contribution in [0.15, 0.2) is 18.2 Å². The first kappa shape index (κ1) is 26.2. The predicted molar refractivity (Wildman–Crippen MR) is 130 cm³/mol. The van der Waals surface area contributed by atoms with Gasteiger partial charge in [0.1, 0.15) is 0 Å². The van der Waals surface area contributed by atoms with E-state index in [0.29, 0.717) is 0 Å². The molecule has 0 saturated heterocycles. The van der Waals surface area contributed by atoms with E-state index < -0.39 is 0 Å². The topological polar surface area (TPSA) is 0 Å². The van der Waals surface area contributed by atoms with Gasteiger partial charge in [-0.05, 0) is 31.9 Å². The Morgan fingerprint density at radius 1 is 0.655 bits per heavy atom. The molecule has 0 aliphatic heterocycles. The Morgan fingerprint density at radius 2 is 1.10 bits per heavy atom. The Kier molecular flexibility index (Phi) is 10.4. The number of hydrogen-bond acceptors (Lipinski definition) is 0. The fourth-order valence-electron chi connectivity index (χ4n) is 5.55. The lowest BCUT2D eigenvalue weighted by Gasteiger charge is -2.54. The van der Waals surface area contributed by atoms with Crippen LogP contribution in [-0.4, -0.2) is 51.3 Å². The van der Waals surface area contributed by atoms with Crippen LogP contribution < -0.4 is 0 Å². The lowest BCUT2D eigenvalue weighted by Crippen LogP contribution is -2.69. The van der Waals surface area contributed by atoms with Gasteiger partial charge >= 0.3 is 0 Å². The molecule has 2 nitrogen and oxygen atoms in total. The first-order valence-corrected chi connectivity index (χ1v) is 12.2. The largest absolute Gasteiger partial charge is 0.275 e. The number of hydrogen-bond donors (Lipinski definition) is 0. The molecular weight excluding hydrogens is 352 g/mol. The van der Waals surface area contributed by atoms with Gasteiger partial charge in [0, 0.05) is 0 Å². The van der Waals surface area contributed by atoms with Crippen LogP contribution in [-0.2, 0) is 5.66 Å². The van der Waals surface area contributed by atoms with Gasteiger partial charge in [-0.3, -0.25) is 8.97 Å². The molecule has 0 amide bonds. The summed E-state index contributed by atoms with van der Waals surface area (Å²) >= 11 is 0. The maximum Gasteiger partial charge on any atom is 0.251 e. The van der Waals surface area contributed by atoms with Crippen LogP contribution in [0.25, 0.3) is 0 Å². The van der Waals surface area contributed by atoms with E-state index in [1.54, 1.807) is 0 Å². The molecule has 29 heavy (non-hydrogen) atoms. The highest BCUT2D eigenvalue weighted by molar-refractivity contribution is 5.33. The molecule has 0 aliphatic rings. The Balaban J connectivity index is 2.80. The molecule has 0 atom stereocenters. The van der Waals surface area contributed by atoms with Gasteiger partial charge in [0.15, 0.2) is 0 Å². The Hall–Kier alpha value is -0.860. The summed E-state index contributed by atoms with van der Waals surface area (Å²) in [5, 5.41) is 0. The van der Waals surface area contributed by atoms with Crippen molar-refractivity contribution in [3.63, 3.8) is 0 Å². The third kappa shape index (κ3) is 7.10. The molecule has 1 rings (SSSR count). The second-order valence-electron chi connectivity index (χ2n) is 11.1. The fraction of sp³-hybridized carbons (Fsp3) is 0.778. The fourth-order valence-corrected chi connectivity index (χ4v) is 5.55. The number of unbranched alkanes of at least 4 members (excludes halogenated alkanes) is 9. The van der Waals surface area contributed by atoms with Gasteiger partial charge in [0.2, 0.25) is 0 Å². The van der Waals surface area contributed by atoms with E-state index in [4.69, 9.17) is 0 Å². The highest BCUT2D eigenvalue weighted by Gasteiger charge is 2.55. The third-order valence-electron chi connectivity index (χ3n) is 6.91. The molecule has 0 fully saturated rings. The molecule has 0 N–H and O–H groups in total. The van der Waals surface area contributed by atoms with E-state index in [0.717, 1.165) is 8.97 Å². The number of rotatable bonds is 14. The van der Waals surface area contributed by atoms with E-state index >= 15 is 0 Å². The molecule has 0 saturated carbocycles. The Bertz CT molecular complexity index is 576. The van der Waals surface area contributed by atoms with Crippen molar-refractivity contribution in [3.8, 4) is 0 Å². The molecule has 0 aliphatic carbocycles. The maximum atomic E-state index is 2.41. The van der Waals surface area contributed by atoms with E-state index in [-0.39, 0.29) is 5.66 Å². The molecule has 0 unspecified atom stereocenters. The zero-order chi connectivity index (χ0) is 22.1. The molecule has 0 bridgehead atoms. The van der Waals surface area contributed by atoms with Gasteiger partial charge in [-0.15, -0.1) is 0 Å². The first-order chi connectivity index (χ1) is 13.5. The van der Waals surface area contributed by atoms with Crippen molar-refractivity contribution in [3.05, 3.63) is 34.9 Å². The molecule has 0 aromatic heterocycles. The van der Waals surface area contributed by atoms with Gasteiger partial charge in [-0.25, -0.2) is 0 Å². The van der Waals surface area contributed by atoms with Gasteiger partial charge in [-0.2, -0.15) is 0 Å². The average Bonchev–Trinajstić information content (AvgIpc) is 2.58. The van der Waals surface area contributed by atoms with Crippen molar-refractivity contribution >= 4 is 0 Å². The van der Waals surface area contributed by atoms with E-state index in [1.165, 1.54) is 87.3 Å². The number of quaternary nitrogens is 2. The van der Waals surface area contributed by atoms with Crippen molar-refractivity contribution in [1.29, 1.82) is 0 Å². The van der Waals surface area contributed by atoms with Crippen LogP contribution in [0.2, 0.25) is 0 Å². The van der Waals surface area contributed by atoms with Crippen LogP contribution in [0, 0.1) is 13.8 Å². The molecule has 168 valence electrons. The average molecular weight is 405 g/mol. The monoisotopic (exact) mass is 404 g/mol. The second kappa shape index (κ2) is 11.5. The van der Waals surface area contributed by atoms with Gasteiger partial charge in [0.05, 0.1) is 54.3 Å². The van der Waals surface area contributed by atoms with E-state index in [9.17, 15) is 0 Å². The molecule has 0 heterocycles. The molecule has 2 heteroatoms. The standard InChI is InChI=1S/C27H52N2/c1-10-11-12-13-14-15-16-17-18-19-22-27(28(4,5)6,29(7,8)9)26-21-20-24(2)23-25(26)3/h20-21,23H,10-19,22H2,1-9H3/q+2. The summed E-state index contributed by atoms with van der Waals surface area (Å²) in [5.74, 6) is 0. The lowest BCUT2D eigenvalue weighted by molar-refractivity contribution is -1.14. The van der Waals surface area contributed by atoms with Crippen LogP contribution in [0.1, 0.15) is 94.2 Å². The zero-order valence-corrected chi connectivity index (χ0v) is 21.4. The third-order valence-corrected chi connectivity index (χ3v) is 6.91. The quantitative estimate of drug-likeness (QED) is 0.175. The highest BCUT2D eigenvalue weighted by Crippen LogP contribution is 2.43. The number of aryl methyl sites for hydroxylation is 2. The van der Waals surface area contributed by atoms with Crippen LogP contribution in [0.3, 0.4) is 0 Å². The van der Waals surface area contributed by atoms with Crippen LogP contribution >= 0.6 is 0 Å². The van der Waals surface area contributed by atoms with Crippen LogP contribution in [0.5, 0.6) is 0 Å². The Labute approximate surface area is 183 Å². The minimum absolute atomic E-state index is 0.0674. The van der Waals surface area contributed by atoms with Gasteiger partial charge < -0.3 is 0 Å². The van der Waals surface area contributed by atoms with Crippen molar-refractivity contribution < 1.29 is 8.97 Å². The molecule has 0 radical (unpaired) electrons.